The number of methoxy groups -OCH3 is 4. The zero-order valence-corrected chi connectivity index (χ0v) is 62.3. The van der Waals surface area contributed by atoms with Crippen LogP contribution >= 0.6 is 0 Å². The Kier molecular flexibility index (Phi) is 37.6. The summed E-state index contributed by atoms with van der Waals surface area (Å²) in [7, 11) is 6.58. The van der Waals surface area contributed by atoms with Gasteiger partial charge in [0.15, 0.2) is 0 Å². The molecule has 4 bridgehead atoms. The van der Waals surface area contributed by atoms with Crippen LogP contribution in [0.15, 0.2) is 71.9 Å². The van der Waals surface area contributed by atoms with Crippen molar-refractivity contribution in [2.45, 2.75) is 333 Å². The summed E-state index contributed by atoms with van der Waals surface area (Å²) in [5, 5.41) is 94.4. The number of aliphatic hydroxyl groups excluding tert-OH is 8. The molecule has 98 heavy (non-hydrogen) atoms. The van der Waals surface area contributed by atoms with Crippen LogP contribution < -0.4 is 0 Å². The highest BCUT2D eigenvalue weighted by atomic mass is 16.6. The first-order valence-electron chi connectivity index (χ1n) is 37.1. The van der Waals surface area contributed by atoms with Gasteiger partial charge in [-0.05, 0) is 129 Å². The molecule has 2 saturated heterocycles. The van der Waals surface area contributed by atoms with Gasteiger partial charge in [0.1, 0.15) is 12.2 Å². The zero-order valence-electron chi connectivity index (χ0n) is 62.3. The SMILES string of the molecule is CO[C@H]1C[C@H](CC[C@H](C)[C@H](O)[C@H](C)[C@H]2OC(=O)/C=C\C(C)=C\C[C@H](O)C[C@H]3C=CC[C@@H](C[C@H](OC)[C@@H](C)[C@@H](O)C[C@@H](O)[C@H](C)[C@@H]([C@@H](C)[C@@H](O)[C@@H](C)CC[C@H]4C[C@H](OC)C[C@H](C)O4)OC(=O)/C=C/C(C)=C/C[C@H](O)C[C@@H]4C=CC[C@@H](C[C@H](OC)[C@@H](C)[C@@H](O)C[C@@H](O)[C@@H]2C)O4)O3)O[C@@H](C)C1. The number of ether oxygens (including phenoxy) is 10. The third kappa shape index (κ3) is 28.1. The van der Waals surface area contributed by atoms with Crippen molar-refractivity contribution in [2.75, 3.05) is 28.4 Å². The Morgan fingerprint density at radius 3 is 1.15 bits per heavy atom. The molecule has 20 nitrogen and oxygen atoms in total. The summed E-state index contributed by atoms with van der Waals surface area (Å²) >= 11 is 0. The second kappa shape index (κ2) is 43.1. The van der Waals surface area contributed by atoms with Crippen molar-refractivity contribution in [1.29, 1.82) is 0 Å². The van der Waals surface area contributed by atoms with Gasteiger partial charge in [-0.2, -0.15) is 0 Å². The van der Waals surface area contributed by atoms with Crippen LogP contribution in [0.1, 0.15) is 199 Å². The first kappa shape index (κ1) is 85.4. The van der Waals surface area contributed by atoms with Gasteiger partial charge in [-0.3, -0.25) is 0 Å². The van der Waals surface area contributed by atoms with Gasteiger partial charge in [-0.15, -0.1) is 0 Å². The van der Waals surface area contributed by atoms with E-state index in [1.807, 2.05) is 106 Å². The average molecular weight is 1390 g/mol. The largest absolute Gasteiger partial charge is 0.458 e. The van der Waals surface area contributed by atoms with Crippen molar-refractivity contribution in [2.24, 2.45) is 47.3 Å². The van der Waals surface area contributed by atoms with Crippen molar-refractivity contribution in [3.05, 3.63) is 71.9 Å². The minimum Gasteiger partial charge on any atom is -0.458 e. The van der Waals surface area contributed by atoms with E-state index in [-0.39, 0.29) is 99.2 Å². The predicted molar refractivity (Wildman–Crippen MR) is 377 cm³/mol. The molecule has 5 heterocycles. The third-order valence-corrected chi connectivity index (χ3v) is 22.3. The van der Waals surface area contributed by atoms with Crippen LogP contribution in [0, 0.1) is 47.3 Å². The summed E-state index contributed by atoms with van der Waals surface area (Å²) in [6.07, 6.45) is 14.1. The number of fused-ring (bicyclic) bond motifs is 4. The Morgan fingerprint density at radius 2 is 0.806 bits per heavy atom. The van der Waals surface area contributed by atoms with E-state index in [1.165, 1.54) is 12.2 Å². The van der Waals surface area contributed by atoms with E-state index < -0.39 is 133 Å². The number of carbonyl (C=O) groups is 2. The number of rotatable bonds is 16. The highest BCUT2D eigenvalue weighted by molar-refractivity contribution is 5.83. The molecule has 564 valence electrons. The molecule has 5 aliphatic rings. The highest BCUT2D eigenvalue weighted by Crippen LogP contribution is 2.37. The van der Waals surface area contributed by atoms with E-state index in [2.05, 4.69) is 0 Å². The molecule has 2 fully saturated rings. The minimum absolute atomic E-state index is 0.0293. The van der Waals surface area contributed by atoms with E-state index in [4.69, 9.17) is 47.4 Å². The first-order chi connectivity index (χ1) is 46.4. The van der Waals surface area contributed by atoms with Crippen LogP contribution in [0.5, 0.6) is 0 Å². The van der Waals surface area contributed by atoms with E-state index in [0.29, 0.717) is 62.5 Å². The molecule has 0 aliphatic carbocycles. The van der Waals surface area contributed by atoms with Crippen molar-refractivity contribution < 1.29 is 97.8 Å². The summed E-state index contributed by atoms with van der Waals surface area (Å²) in [4.78, 5) is 27.8. The van der Waals surface area contributed by atoms with Crippen LogP contribution in [-0.2, 0) is 57.0 Å². The van der Waals surface area contributed by atoms with Gasteiger partial charge >= 0.3 is 11.9 Å². The van der Waals surface area contributed by atoms with Crippen molar-refractivity contribution in [3.63, 3.8) is 0 Å². The van der Waals surface area contributed by atoms with E-state index in [1.54, 1.807) is 54.4 Å². The topological polar surface area (TPSA) is 288 Å². The maximum Gasteiger partial charge on any atom is 0.331 e. The zero-order chi connectivity index (χ0) is 72.5. The molecule has 0 aromatic carbocycles. The number of carbonyl (C=O) groups excluding carboxylic acids is 2. The number of hydrogen-bond acceptors (Lipinski definition) is 20. The van der Waals surface area contributed by atoms with Gasteiger partial charge in [-0.25, -0.2) is 9.59 Å². The standard InChI is InChI=1S/C78H132O20/c1-45-23-29-57(79)37-59-19-17-21-61(95-59)41-71(91-15)52(8)68(82)44-70(84)54(10)78(56(12)76(88)48(4)28-32-64-40-66(90-14)36-50(6)94-64)98-74(86)34-26-46(2)24-30-58(80)38-60-20-18-22-62(96-60)42-72(92-16)51(7)67(81)43-69(83)53(9)77(97-73(85)33-25-45)55(11)75(87)47(3)27-31-63-39-65(89-13)35-49(5)93-63/h17-20,23-26,33-34,47-72,75-84,87-88H,21-22,27-32,35-44H2,1-16H3/b33-25-,34-26+,45-23+,46-24+/t47-,48-,49-,50-,51-,52-,53-,54-,55-,56-,57-,58-,59+,60-,61-,62-,63-,64-,65+,66+,67-,68-,69+,70+,71-,72-,75-,76-,77-,78-/m0/s1. The molecular formula is C78H132O20. The van der Waals surface area contributed by atoms with E-state index >= 15 is 0 Å². The molecule has 0 aromatic heterocycles. The molecule has 5 rings (SSSR count). The lowest BCUT2D eigenvalue weighted by atomic mass is 9.78. The molecule has 0 unspecified atom stereocenters. The maximum atomic E-state index is 13.9. The van der Waals surface area contributed by atoms with Crippen molar-refractivity contribution in [3.8, 4) is 0 Å². The van der Waals surface area contributed by atoms with Gasteiger partial charge in [0.2, 0.25) is 0 Å². The van der Waals surface area contributed by atoms with Crippen molar-refractivity contribution in [1.82, 2.24) is 0 Å². The normalized spacial score (nSPS) is 41.1. The summed E-state index contributed by atoms with van der Waals surface area (Å²) in [6, 6.07) is 0. The number of aliphatic hydroxyl groups is 8. The molecule has 5 aliphatic heterocycles. The Morgan fingerprint density at radius 1 is 0.449 bits per heavy atom. The molecule has 8 N–H and O–H groups in total. The van der Waals surface area contributed by atoms with Crippen LogP contribution in [-0.4, -0.2) is 216 Å². The molecule has 0 radical (unpaired) electrons. The fourth-order valence-electron chi connectivity index (χ4n) is 15.3. The highest BCUT2D eigenvalue weighted by Gasteiger charge is 2.42. The average Bonchev–Trinajstić information content (AvgIpc) is 0.853. The second-order valence-corrected chi connectivity index (χ2v) is 30.3. The lowest BCUT2D eigenvalue weighted by Gasteiger charge is -2.38. The summed E-state index contributed by atoms with van der Waals surface area (Å²) in [5.74, 6) is -5.50. The minimum atomic E-state index is -1.16. The van der Waals surface area contributed by atoms with Gasteiger partial charge in [0.25, 0.3) is 0 Å². The van der Waals surface area contributed by atoms with Gasteiger partial charge in [0, 0.05) is 102 Å². The fourth-order valence-corrected chi connectivity index (χ4v) is 15.3. The summed E-state index contributed by atoms with van der Waals surface area (Å²) < 4.78 is 61.3. The van der Waals surface area contributed by atoms with Gasteiger partial charge in [-0.1, -0.05) is 115 Å². The number of hydrogen-bond donors (Lipinski definition) is 8. The Balaban J connectivity index is 1.36. The fraction of sp³-hybridized carbons (Fsp3) is 0.821. The maximum absolute atomic E-state index is 13.9. The van der Waals surface area contributed by atoms with Crippen LogP contribution in [0.4, 0.5) is 0 Å². The first-order valence-corrected chi connectivity index (χ1v) is 37.1. The lowest BCUT2D eigenvalue weighted by Crippen LogP contribution is -2.45. The Labute approximate surface area is 587 Å². The van der Waals surface area contributed by atoms with Crippen LogP contribution in [0.2, 0.25) is 0 Å². The monoisotopic (exact) mass is 1390 g/mol. The predicted octanol–water partition coefficient (Wildman–Crippen LogP) is 10.1. The molecule has 0 amide bonds. The summed E-state index contributed by atoms with van der Waals surface area (Å²) in [5.41, 5.74) is 1.39. The molecule has 20 heteroatoms. The van der Waals surface area contributed by atoms with Crippen molar-refractivity contribution >= 4 is 11.9 Å². The quantitative estimate of drug-likeness (QED) is 0.0527. The van der Waals surface area contributed by atoms with E-state index in [9.17, 15) is 50.4 Å². The number of cyclic esters (lactones) is 2. The lowest BCUT2D eigenvalue weighted by molar-refractivity contribution is -0.158. The summed E-state index contributed by atoms with van der Waals surface area (Å²) in [6.45, 7) is 22.5. The van der Waals surface area contributed by atoms with Crippen LogP contribution in [0.3, 0.4) is 0 Å². The van der Waals surface area contributed by atoms with E-state index in [0.717, 1.165) is 25.7 Å². The molecular weight excluding hydrogens is 1260 g/mol. The third-order valence-electron chi connectivity index (χ3n) is 22.3. The number of allylic oxidation sites excluding steroid dienone is 4. The smallest absolute Gasteiger partial charge is 0.331 e. The van der Waals surface area contributed by atoms with Crippen LogP contribution in [0.25, 0.3) is 0 Å². The van der Waals surface area contributed by atoms with Gasteiger partial charge in [0.05, 0.1) is 122 Å². The molecule has 0 saturated carbocycles. The second-order valence-electron chi connectivity index (χ2n) is 30.3. The molecule has 30 atom stereocenters. The Hall–Kier alpha value is -3.26. The van der Waals surface area contributed by atoms with Gasteiger partial charge < -0.3 is 88.2 Å². The molecule has 0 aromatic rings. The Bertz CT molecular complexity index is 2320. The number of esters is 2. The molecule has 0 spiro atoms.